The molecule has 0 aliphatic heterocycles. The van der Waals surface area contributed by atoms with Crippen LogP contribution in [0.3, 0.4) is 0 Å². The van der Waals surface area contributed by atoms with Gasteiger partial charge in [0.25, 0.3) is 0 Å². The van der Waals surface area contributed by atoms with Gasteiger partial charge in [-0.25, -0.2) is 0 Å². The van der Waals surface area contributed by atoms with E-state index in [4.69, 9.17) is 12.2 Å². The first-order valence-corrected chi connectivity index (χ1v) is 4.90. The Morgan fingerprint density at radius 3 is 2.43 bits per heavy atom. The Morgan fingerprint density at radius 1 is 1.36 bits per heavy atom. The average Bonchev–Trinajstić information content (AvgIpc) is 2.66. The lowest BCUT2D eigenvalue weighted by Crippen LogP contribution is -2.06. The quantitative estimate of drug-likeness (QED) is 0.666. The molecule has 14 heavy (non-hydrogen) atoms. The van der Waals surface area contributed by atoms with Crippen molar-refractivity contribution in [3.63, 3.8) is 0 Å². The average molecular weight is 185 g/mol. The lowest BCUT2D eigenvalue weighted by Gasteiger charge is -2.05. The van der Waals surface area contributed by atoms with E-state index in [-0.39, 0.29) is 11.5 Å². The van der Waals surface area contributed by atoms with Gasteiger partial charge < -0.3 is 5.73 Å². The van der Waals surface area contributed by atoms with Crippen molar-refractivity contribution in [2.45, 2.75) is 25.8 Å². The minimum Gasteiger partial charge on any atom is -0.327 e. The topological polar surface area (TPSA) is 26.0 Å². The molecule has 2 atom stereocenters. The van der Waals surface area contributed by atoms with E-state index in [1.54, 1.807) is 0 Å². The molecule has 1 aromatic carbocycles. The molecule has 1 nitrogen and oxygen atoms in total. The maximum atomic E-state index is 6.03. The molecule has 2 N–H and O–H groups in total. The second-order valence-corrected chi connectivity index (χ2v) is 4.56. The summed E-state index contributed by atoms with van der Waals surface area (Å²) in [4.78, 5) is 0. The normalized spacial score (nSPS) is 28.1. The van der Waals surface area contributed by atoms with Gasteiger partial charge in [0.1, 0.15) is 0 Å². The van der Waals surface area contributed by atoms with Crippen LogP contribution in [0.4, 0.5) is 0 Å². The van der Waals surface area contributed by atoms with E-state index in [0.717, 1.165) is 5.56 Å². The molecular formula is C13H15N. The summed E-state index contributed by atoms with van der Waals surface area (Å²) in [6.07, 6.45) is 5.46. The van der Waals surface area contributed by atoms with Gasteiger partial charge in [-0.2, -0.15) is 0 Å². The van der Waals surface area contributed by atoms with Crippen molar-refractivity contribution in [3.05, 3.63) is 35.4 Å². The molecule has 0 aromatic heterocycles. The SMILES string of the molecule is C#Cc1ccccc1[C@H]1[C@H](N)C1(C)C. The first-order valence-electron chi connectivity index (χ1n) is 4.90. The monoisotopic (exact) mass is 185 g/mol. The van der Waals surface area contributed by atoms with Gasteiger partial charge in [0.05, 0.1) is 0 Å². The zero-order chi connectivity index (χ0) is 10.3. The largest absolute Gasteiger partial charge is 0.327 e. The van der Waals surface area contributed by atoms with Gasteiger partial charge in [0.15, 0.2) is 0 Å². The first-order chi connectivity index (χ1) is 6.59. The maximum absolute atomic E-state index is 6.03. The predicted octanol–water partition coefficient (Wildman–Crippen LogP) is 2.12. The number of nitrogens with two attached hydrogens (primary N) is 1. The van der Waals surface area contributed by atoms with Crippen LogP contribution >= 0.6 is 0 Å². The standard InChI is InChI=1S/C13H15N/c1-4-9-7-5-6-8-10(9)11-12(14)13(11,2)3/h1,5-8,11-12H,14H2,2-3H3/t11-,12-/m0/s1. The van der Waals surface area contributed by atoms with Crippen LogP contribution in [0.15, 0.2) is 24.3 Å². The highest BCUT2D eigenvalue weighted by Crippen LogP contribution is 2.57. The van der Waals surface area contributed by atoms with Crippen molar-refractivity contribution < 1.29 is 0 Å². The summed E-state index contributed by atoms with van der Waals surface area (Å²) < 4.78 is 0. The lowest BCUT2D eigenvalue weighted by molar-refractivity contribution is 0.599. The van der Waals surface area contributed by atoms with Gasteiger partial charge in [0.2, 0.25) is 0 Å². The molecular weight excluding hydrogens is 170 g/mol. The smallest absolute Gasteiger partial charge is 0.0278 e. The highest BCUT2D eigenvalue weighted by atomic mass is 14.8. The van der Waals surface area contributed by atoms with Gasteiger partial charge in [-0.15, -0.1) is 6.42 Å². The fourth-order valence-electron chi connectivity index (χ4n) is 2.17. The first kappa shape index (κ1) is 9.30. The van der Waals surface area contributed by atoms with Crippen LogP contribution < -0.4 is 5.73 Å². The summed E-state index contributed by atoms with van der Waals surface area (Å²) in [7, 11) is 0. The van der Waals surface area contributed by atoms with Gasteiger partial charge in [-0.1, -0.05) is 38.0 Å². The van der Waals surface area contributed by atoms with E-state index in [2.05, 4.69) is 25.8 Å². The third-order valence-electron chi connectivity index (χ3n) is 3.36. The van der Waals surface area contributed by atoms with Gasteiger partial charge in [-0.3, -0.25) is 0 Å². The van der Waals surface area contributed by atoms with Crippen LogP contribution in [-0.2, 0) is 0 Å². The molecule has 0 radical (unpaired) electrons. The van der Waals surface area contributed by atoms with Crippen LogP contribution in [0.5, 0.6) is 0 Å². The predicted molar refractivity (Wildman–Crippen MR) is 58.9 cm³/mol. The number of benzene rings is 1. The number of hydrogen-bond donors (Lipinski definition) is 1. The Bertz CT molecular complexity index is 398. The molecule has 1 saturated carbocycles. The summed E-state index contributed by atoms with van der Waals surface area (Å²) >= 11 is 0. The minimum absolute atomic E-state index is 0.201. The second-order valence-electron chi connectivity index (χ2n) is 4.56. The fraction of sp³-hybridized carbons (Fsp3) is 0.385. The highest BCUT2D eigenvalue weighted by Gasteiger charge is 2.56. The number of terminal acetylenes is 1. The summed E-state index contributed by atoms with van der Waals surface area (Å²) in [5.74, 6) is 3.15. The molecule has 2 rings (SSSR count). The van der Waals surface area contributed by atoms with Crippen molar-refractivity contribution >= 4 is 0 Å². The Hall–Kier alpha value is -1.26. The zero-order valence-corrected chi connectivity index (χ0v) is 8.62. The molecule has 0 heterocycles. The molecule has 1 aliphatic rings. The molecule has 72 valence electrons. The second kappa shape index (κ2) is 2.87. The maximum Gasteiger partial charge on any atom is 0.0278 e. The lowest BCUT2D eigenvalue weighted by atomic mass is 9.98. The molecule has 1 aliphatic carbocycles. The van der Waals surface area contributed by atoms with Crippen LogP contribution in [0, 0.1) is 17.8 Å². The minimum atomic E-state index is 0.201. The van der Waals surface area contributed by atoms with E-state index in [9.17, 15) is 0 Å². The highest BCUT2D eigenvalue weighted by molar-refractivity contribution is 5.47. The van der Waals surface area contributed by atoms with Crippen LogP contribution in [-0.4, -0.2) is 6.04 Å². The molecule has 0 bridgehead atoms. The van der Waals surface area contributed by atoms with Crippen molar-refractivity contribution in [3.8, 4) is 12.3 Å². The molecule has 0 spiro atoms. The third kappa shape index (κ3) is 1.15. The van der Waals surface area contributed by atoms with Crippen molar-refractivity contribution in [1.29, 1.82) is 0 Å². The van der Waals surface area contributed by atoms with E-state index in [0.29, 0.717) is 5.92 Å². The summed E-state index contributed by atoms with van der Waals surface area (Å²) in [6, 6.07) is 8.32. The molecule has 0 unspecified atom stereocenters. The Balaban J connectivity index is 2.41. The van der Waals surface area contributed by atoms with Crippen LogP contribution in [0.25, 0.3) is 0 Å². The molecule has 0 amide bonds. The summed E-state index contributed by atoms with van der Waals surface area (Å²) in [6.45, 7) is 4.38. The molecule has 1 heteroatoms. The molecule has 1 aromatic rings. The van der Waals surface area contributed by atoms with Crippen LogP contribution in [0.1, 0.15) is 30.9 Å². The fourth-order valence-corrected chi connectivity index (χ4v) is 2.17. The van der Waals surface area contributed by atoms with E-state index < -0.39 is 0 Å². The zero-order valence-electron chi connectivity index (χ0n) is 8.62. The number of rotatable bonds is 1. The van der Waals surface area contributed by atoms with Gasteiger partial charge in [0, 0.05) is 17.5 Å². The van der Waals surface area contributed by atoms with Gasteiger partial charge in [-0.05, 0) is 17.0 Å². The van der Waals surface area contributed by atoms with Gasteiger partial charge >= 0.3 is 0 Å². The number of hydrogen-bond acceptors (Lipinski definition) is 1. The Labute approximate surface area is 85.3 Å². The van der Waals surface area contributed by atoms with Crippen molar-refractivity contribution in [2.75, 3.05) is 0 Å². The van der Waals surface area contributed by atoms with Crippen molar-refractivity contribution in [1.82, 2.24) is 0 Å². The molecule has 1 fully saturated rings. The van der Waals surface area contributed by atoms with Crippen LogP contribution in [0.2, 0.25) is 0 Å². The molecule has 0 saturated heterocycles. The summed E-state index contributed by atoms with van der Waals surface area (Å²) in [5.41, 5.74) is 8.45. The van der Waals surface area contributed by atoms with E-state index in [1.807, 2.05) is 18.2 Å². The summed E-state index contributed by atoms with van der Waals surface area (Å²) in [5, 5.41) is 0. The Morgan fingerprint density at radius 2 is 1.93 bits per heavy atom. The van der Waals surface area contributed by atoms with E-state index >= 15 is 0 Å². The Kier molecular flexibility index (Phi) is 1.90. The van der Waals surface area contributed by atoms with Crippen molar-refractivity contribution in [2.24, 2.45) is 11.1 Å². The third-order valence-corrected chi connectivity index (χ3v) is 3.36. The van der Waals surface area contributed by atoms with E-state index in [1.165, 1.54) is 5.56 Å².